The fourth-order valence-corrected chi connectivity index (χ4v) is 2.01. The minimum absolute atomic E-state index is 0.102. The SMILES string of the molecule is CNC(=O)Nc1cccc(NC(=O)COc2ccc(Br)cc2)c1. The molecule has 0 fully saturated rings. The van der Waals surface area contributed by atoms with Gasteiger partial charge in [-0.05, 0) is 42.5 Å². The van der Waals surface area contributed by atoms with Gasteiger partial charge in [0.25, 0.3) is 5.91 Å². The Morgan fingerprint density at radius 2 is 1.70 bits per heavy atom. The first kappa shape index (κ1) is 16.8. The van der Waals surface area contributed by atoms with Crippen molar-refractivity contribution >= 4 is 39.2 Å². The number of carbonyl (C=O) groups is 2. The van der Waals surface area contributed by atoms with Crippen molar-refractivity contribution < 1.29 is 14.3 Å². The Morgan fingerprint density at radius 1 is 1.04 bits per heavy atom. The van der Waals surface area contributed by atoms with Crippen molar-refractivity contribution in [3.63, 3.8) is 0 Å². The Hall–Kier alpha value is -2.54. The fourth-order valence-electron chi connectivity index (χ4n) is 1.75. The minimum Gasteiger partial charge on any atom is -0.484 e. The van der Waals surface area contributed by atoms with Gasteiger partial charge in [-0.1, -0.05) is 22.0 Å². The number of amides is 3. The molecule has 0 radical (unpaired) electrons. The van der Waals surface area contributed by atoms with Crippen molar-refractivity contribution in [1.82, 2.24) is 5.32 Å². The Morgan fingerprint density at radius 3 is 2.35 bits per heavy atom. The van der Waals surface area contributed by atoms with E-state index in [-0.39, 0.29) is 18.5 Å². The van der Waals surface area contributed by atoms with Gasteiger partial charge in [-0.25, -0.2) is 4.79 Å². The molecule has 0 spiro atoms. The number of rotatable bonds is 5. The molecule has 0 saturated heterocycles. The van der Waals surface area contributed by atoms with E-state index in [4.69, 9.17) is 4.74 Å². The summed E-state index contributed by atoms with van der Waals surface area (Å²) in [4.78, 5) is 23.2. The molecule has 0 aliphatic carbocycles. The molecule has 6 nitrogen and oxygen atoms in total. The molecule has 7 heteroatoms. The van der Waals surface area contributed by atoms with E-state index in [1.54, 1.807) is 36.4 Å². The van der Waals surface area contributed by atoms with Crippen molar-refractivity contribution in [2.75, 3.05) is 24.3 Å². The molecule has 3 N–H and O–H groups in total. The first-order valence-corrected chi connectivity index (χ1v) is 7.63. The summed E-state index contributed by atoms with van der Waals surface area (Å²) in [5, 5.41) is 7.80. The van der Waals surface area contributed by atoms with Gasteiger partial charge in [0.1, 0.15) is 5.75 Å². The van der Waals surface area contributed by atoms with E-state index in [9.17, 15) is 9.59 Å². The standard InChI is InChI=1S/C16H16BrN3O3/c1-18-16(22)20-13-4-2-3-12(9-13)19-15(21)10-23-14-7-5-11(17)6-8-14/h2-9H,10H2,1H3,(H,19,21)(H2,18,20,22). The summed E-state index contributed by atoms with van der Waals surface area (Å²) in [7, 11) is 1.53. The first-order valence-electron chi connectivity index (χ1n) is 6.84. The minimum atomic E-state index is -0.327. The van der Waals surface area contributed by atoms with Crippen LogP contribution in [0.2, 0.25) is 0 Å². The molecule has 0 atom stereocenters. The summed E-state index contributed by atoms with van der Waals surface area (Å²) in [5.74, 6) is 0.323. The number of anilines is 2. The van der Waals surface area contributed by atoms with Crippen molar-refractivity contribution in [2.24, 2.45) is 0 Å². The molecule has 23 heavy (non-hydrogen) atoms. The van der Waals surface area contributed by atoms with E-state index in [1.807, 2.05) is 12.1 Å². The smallest absolute Gasteiger partial charge is 0.318 e. The van der Waals surface area contributed by atoms with Crippen molar-refractivity contribution in [3.05, 3.63) is 53.0 Å². The van der Waals surface area contributed by atoms with E-state index < -0.39 is 0 Å². The van der Waals surface area contributed by atoms with Gasteiger partial charge in [-0.15, -0.1) is 0 Å². The maximum absolute atomic E-state index is 11.9. The second-order valence-electron chi connectivity index (χ2n) is 4.58. The van der Waals surface area contributed by atoms with Gasteiger partial charge < -0.3 is 20.7 Å². The molecule has 120 valence electrons. The average molecular weight is 378 g/mol. The van der Waals surface area contributed by atoms with Crippen LogP contribution in [0, 0.1) is 0 Å². The first-order chi connectivity index (χ1) is 11.1. The third kappa shape index (κ3) is 5.63. The lowest BCUT2D eigenvalue weighted by Crippen LogP contribution is -2.24. The largest absolute Gasteiger partial charge is 0.484 e. The zero-order valence-corrected chi connectivity index (χ0v) is 14.0. The lowest BCUT2D eigenvalue weighted by molar-refractivity contribution is -0.118. The Kier molecular flexibility index (Phi) is 5.99. The second-order valence-corrected chi connectivity index (χ2v) is 5.49. The molecule has 0 heterocycles. The monoisotopic (exact) mass is 377 g/mol. The normalized spacial score (nSPS) is 9.83. The van der Waals surface area contributed by atoms with Crippen LogP contribution in [0.4, 0.5) is 16.2 Å². The quantitative estimate of drug-likeness (QED) is 0.748. The third-order valence-corrected chi connectivity index (χ3v) is 3.34. The van der Waals surface area contributed by atoms with Crippen LogP contribution in [-0.4, -0.2) is 25.6 Å². The Bertz CT molecular complexity index is 689. The van der Waals surface area contributed by atoms with Crippen LogP contribution in [0.15, 0.2) is 53.0 Å². The van der Waals surface area contributed by atoms with Crippen LogP contribution in [0.3, 0.4) is 0 Å². The molecule has 2 aromatic rings. The number of benzene rings is 2. The molecular formula is C16H16BrN3O3. The van der Waals surface area contributed by atoms with Crippen LogP contribution < -0.4 is 20.7 Å². The van der Waals surface area contributed by atoms with Crippen molar-refractivity contribution in [2.45, 2.75) is 0 Å². The van der Waals surface area contributed by atoms with Gasteiger partial charge in [0.2, 0.25) is 0 Å². The van der Waals surface area contributed by atoms with E-state index in [1.165, 1.54) is 7.05 Å². The van der Waals surface area contributed by atoms with Gasteiger partial charge >= 0.3 is 6.03 Å². The Labute approximate surface area is 142 Å². The molecule has 0 aliphatic heterocycles. The number of urea groups is 1. The maximum atomic E-state index is 11.9. The summed E-state index contributed by atoms with van der Waals surface area (Å²) in [5.41, 5.74) is 1.15. The highest BCUT2D eigenvalue weighted by molar-refractivity contribution is 9.10. The van der Waals surface area contributed by atoms with E-state index >= 15 is 0 Å². The zero-order chi connectivity index (χ0) is 16.7. The fraction of sp³-hybridized carbons (Fsp3) is 0.125. The van der Waals surface area contributed by atoms with Gasteiger partial charge in [0.15, 0.2) is 6.61 Å². The maximum Gasteiger partial charge on any atom is 0.318 e. The van der Waals surface area contributed by atoms with Crippen LogP contribution in [0.1, 0.15) is 0 Å². The summed E-state index contributed by atoms with van der Waals surface area (Å²) in [6, 6.07) is 13.7. The highest BCUT2D eigenvalue weighted by Crippen LogP contribution is 2.17. The Balaban J connectivity index is 1.88. The predicted octanol–water partition coefficient (Wildman–Crippen LogP) is 3.22. The van der Waals surface area contributed by atoms with Gasteiger partial charge in [-0.2, -0.15) is 0 Å². The number of ether oxygens (including phenoxy) is 1. The molecule has 0 unspecified atom stereocenters. The van der Waals surface area contributed by atoms with Crippen LogP contribution in [0.5, 0.6) is 5.75 Å². The van der Waals surface area contributed by atoms with E-state index in [0.717, 1.165) is 4.47 Å². The van der Waals surface area contributed by atoms with Crippen LogP contribution in [-0.2, 0) is 4.79 Å². The summed E-state index contributed by atoms with van der Waals surface area (Å²) >= 11 is 3.33. The highest BCUT2D eigenvalue weighted by atomic mass is 79.9. The summed E-state index contributed by atoms with van der Waals surface area (Å²) in [6.07, 6.45) is 0. The highest BCUT2D eigenvalue weighted by Gasteiger charge is 2.05. The number of hydrogen-bond acceptors (Lipinski definition) is 3. The van der Waals surface area contributed by atoms with Gasteiger partial charge in [0.05, 0.1) is 0 Å². The molecule has 0 bridgehead atoms. The second kappa shape index (κ2) is 8.19. The summed E-state index contributed by atoms with van der Waals surface area (Å²) in [6.45, 7) is -0.102. The lowest BCUT2D eigenvalue weighted by Gasteiger charge is -2.09. The average Bonchev–Trinajstić information content (AvgIpc) is 2.54. The number of hydrogen-bond donors (Lipinski definition) is 3. The number of carbonyl (C=O) groups excluding carboxylic acids is 2. The van der Waals surface area contributed by atoms with Crippen molar-refractivity contribution in [3.8, 4) is 5.75 Å². The predicted molar refractivity (Wildman–Crippen MR) is 92.8 cm³/mol. The molecule has 0 saturated carbocycles. The number of halogens is 1. The molecule has 0 aromatic heterocycles. The summed E-state index contributed by atoms with van der Waals surface area (Å²) < 4.78 is 6.33. The van der Waals surface area contributed by atoms with E-state index in [0.29, 0.717) is 17.1 Å². The van der Waals surface area contributed by atoms with Crippen molar-refractivity contribution in [1.29, 1.82) is 0 Å². The van der Waals surface area contributed by atoms with E-state index in [2.05, 4.69) is 31.9 Å². The topological polar surface area (TPSA) is 79.5 Å². The molecule has 2 aromatic carbocycles. The molecule has 2 rings (SSSR count). The lowest BCUT2D eigenvalue weighted by atomic mass is 10.2. The van der Waals surface area contributed by atoms with Crippen LogP contribution in [0.25, 0.3) is 0 Å². The molecule has 0 aliphatic rings. The third-order valence-electron chi connectivity index (χ3n) is 2.81. The van der Waals surface area contributed by atoms with Gasteiger partial charge in [-0.3, -0.25) is 4.79 Å². The molecular weight excluding hydrogens is 362 g/mol. The zero-order valence-electron chi connectivity index (χ0n) is 12.4. The van der Waals surface area contributed by atoms with Gasteiger partial charge in [0, 0.05) is 22.9 Å². The molecule has 3 amide bonds. The number of nitrogens with one attached hydrogen (secondary N) is 3. The van der Waals surface area contributed by atoms with Crippen LogP contribution >= 0.6 is 15.9 Å².